The first kappa shape index (κ1) is 21.3. The average molecular weight is 477 g/mol. The quantitative estimate of drug-likeness (QED) is 0.480. The number of thiazole rings is 1. The molecule has 8 heteroatoms. The predicted molar refractivity (Wildman–Crippen MR) is 118 cm³/mol. The van der Waals surface area contributed by atoms with Gasteiger partial charge in [0.15, 0.2) is 10.7 Å². The number of ether oxygens (including phenoxy) is 2. The molecule has 152 valence electrons. The van der Waals surface area contributed by atoms with Crippen molar-refractivity contribution in [3.05, 3.63) is 52.5 Å². The van der Waals surface area contributed by atoms with Crippen LogP contribution in [0.25, 0.3) is 10.2 Å². The van der Waals surface area contributed by atoms with Crippen molar-refractivity contribution in [1.82, 2.24) is 4.98 Å². The van der Waals surface area contributed by atoms with Gasteiger partial charge in [0.2, 0.25) is 0 Å². The molecule has 6 nitrogen and oxygen atoms in total. The molecule has 29 heavy (non-hydrogen) atoms. The molecule has 0 atom stereocenters. The zero-order valence-electron chi connectivity index (χ0n) is 16.5. The number of aromatic nitrogens is 1. The number of carbonyl (C=O) groups is 2. The Morgan fingerprint density at radius 2 is 1.83 bits per heavy atom. The molecule has 0 fully saturated rings. The highest BCUT2D eigenvalue weighted by Gasteiger charge is 2.31. The summed E-state index contributed by atoms with van der Waals surface area (Å²) in [7, 11) is 0. The lowest BCUT2D eigenvalue weighted by Crippen LogP contribution is -2.42. The Morgan fingerprint density at radius 1 is 1.14 bits per heavy atom. The molecule has 1 heterocycles. The van der Waals surface area contributed by atoms with Crippen LogP contribution < -0.4 is 10.1 Å². The largest absolute Gasteiger partial charge is 0.478 e. The van der Waals surface area contributed by atoms with Gasteiger partial charge >= 0.3 is 5.97 Å². The van der Waals surface area contributed by atoms with E-state index in [1.165, 1.54) is 11.3 Å². The SMILES string of the molecule is CC(C)OC(=O)c1ccc2nc(NC(=O)C(C)(C)Oc3ccc(Br)cc3)sc2c1. The Hall–Kier alpha value is -2.45. The molecule has 0 radical (unpaired) electrons. The van der Waals surface area contributed by atoms with Crippen LogP contribution in [0.4, 0.5) is 5.13 Å². The second-order valence-corrected chi connectivity index (χ2v) is 9.12. The maximum absolute atomic E-state index is 12.7. The van der Waals surface area contributed by atoms with Crippen molar-refractivity contribution in [1.29, 1.82) is 0 Å². The summed E-state index contributed by atoms with van der Waals surface area (Å²) in [6.07, 6.45) is -0.192. The predicted octanol–water partition coefficient (Wildman–Crippen LogP) is 5.42. The molecular formula is C21H21BrN2O4S. The van der Waals surface area contributed by atoms with Gasteiger partial charge in [0.05, 0.1) is 21.9 Å². The Bertz CT molecular complexity index is 1040. The van der Waals surface area contributed by atoms with Crippen LogP contribution in [0.1, 0.15) is 38.1 Å². The highest BCUT2D eigenvalue weighted by Crippen LogP contribution is 2.29. The summed E-state index contributed by atoms with van der Waals surface area (Å²) in [6.45, 7) is 6.99. The lowest BCUT2D eigenvalue weighted by molar-refractivity contribution is -0.128. The van der Waals surface area contributed by atoms with Crippen LogP contribution >= 0.6 is 27.3 Å². The summed E-state index contributed by atoms with van der Waals surface area (Å²) >= 11 is 4.66. The Morgan fingerprint density at radius 3 is 2.48 bits per heavy atom. The van der Waals surface area contributed by atoms with E-state index in [0.717, 1.165) is 9.17 Å². The van der Waals surface area contributed by atoms with Gasteiger partial charge < -0.3 is 9.47 Å². The second kappa shape index (κ2) is 8.51. The fourth-order valence-corrected chi connectivity index (χ4v) is 3.64. The number of fused-ring (bicyclic) bond motifs is 1. The molecule has 1 amide bonds. The summed E-state index contributed by atoms with van der Waals surface area (Å²) < 4.78 is 12.8. The number of nitrogens with one attached hydrogen (secondary N) is 1. The fourth-order valence-electron chi connectivity index (χ4n) is 2.48. The lowest BCUT2D eigenvalue weighted by Gasteiger charge is -2.24. The molecule has 0 aliphatic carbocycles. The maximum Gasteiger partial charge on any atom is 0.338 e. The van der Waals surface area contributed by atoms with Crippen LogP contribution in [-0.2, 0) is 9.53 Å². The minimum Gasteiger partial charge on any atom is -0.478 e. The Kier molecular flexibility index (Phi) is 6.24. The number of benzene rings is 2. The van der Waals surface area contributed by atoms with Crippen LogP contribution in [-0.4, -0.2) is 28.6 Å². The van der Waals surface area contributed by atoms with E-state index in [1.54, 1.807) is 58.0 Å². The van der Waals surface area contributed by atoms with Crippen LogP contribution in [0.2, 0.25) is 0 Å². The Labute approximate surface area is 181 Å². The summed E-state index contributed by atoms with van der Waals surface area (Å²) in [5.41, 5.74) is 0.0439. The first-order valence-corrected chi connectivity index (χ1v) is 10.6. The smallest absolute Gasteiger partial charge is 0.338 e. The number of halogens is 1. The van der Waals surface area contributed by atoms with Crippen molar-refractivity contribution >= 4 is 54.5 Å². The van der Waals surface area contributed by atoms with Gasteiger partial charge in [-0.2, -0.15) is 0 Å². The van der Waals surface area contributed by atoms with Crippen molar-refractivity contribution in [2.45, 2.75) is 39.4 Å². The van der Waals surface area contributed by atoms with Gasteiger partial charge in [-0.05, 0) is 70.2 Å². The van der Waals surface area contributed by atoms with Gasteiger partial charge in [-0.3, -0.25) is 10.1 Å². The van der Waals surface area contributed by atoms with Crippen LogP contribution in [0.15, 0.2) is 46.9 Å². The van der Waals surface area contributed by atoms with Crippen LogP contribution in [0.5, 0.6) is 5.75 Å². The van der Waals surface area contributed by atoms with E-state index in [0.29, 0.717) is 22.0 Å². The number of hydrogen-bond acceptors (Lipinski definition) is 6. The summed E-state index contributed by atoms with van der Waals surface area (Å²) in [6, 6.07) is 12.4. The number of anilines is 1. The first-order valence-electron chi connectivity index (χ1n) is 9.01. The summed E-state index contributed by atoms with van der Waals surface area (Å²) in [4.78, 5) is 29.2. The maximum atomic E-state index is 12.7. The molecule has 0 saturated carbocycles. The van der Waals surface area contributed by atoms with E-state index >= 15 is 0 Å². The van der Waals surface area contributed by atoms with E-state index in [4.69, 9.17) is 9.47 Å². The van der Waals surface area contributed by atoms with Crippen molar-refractivity contribution < 1.29 is 19.1 Å². The molecule has 1 N–H and O–H groups in total. The second-order valence-electron chi connectivity index (χ2n) is 7.18. The minimum absolute atomic E-state index is 0.192. The van der Waals surface area contributed by atoms with Gasteiger partial charge in [-0.1, -0.05) is 27.3 Å². The molecule has 3 aromatic rings. The van der Waals surface area contributed by atoms with E-state index in [2.05, 4.69) is 26.2 Å². The highest BCUT2D eigenvalue weighted by atomic mass is 79.9. The molecular weight excluding hydrogens is 456 g/mol. The lowest BCUT2D eigenvalue weighted by atomic mass is 10.1. The van der Waals surface area contributed by atoms with Gasteiger partial charge in [0.1, 0.15) is 5.75 Å². The molecule has 0 saturated heterocycles. The van der Waals surface area contributed by atoms with E-state index in [-0.39, 0.29) is 18.0 Å². The highest BCUT2D eigenvalue weighted by molar-refractivity contribution is 9.10. The third-order valence-electron chi connectivity index (χ3n) is 3.92. The number of hydrogen-bond donors (Lipinski definition) is 1. The van der Waals surface area contributed by atoms with Gasteiger partial charge in [0.25, 0.3) is 5.91 Å². The van der Waals surface area contributed by atoms with Gasteiger partial charge in [0, 0.05) is 4.47 Å². The minimum atomic E-state index is -1.10. The standard InChI is InChI=1S/C21H21BrN2O4S/c1-12(2)27-18(25)13-5-10-16-17(11-13)29-20(23-16)24-19(26)21(3,4)28-15-8-6-14(22)7-9-15/h5-12H,1-4H3,(H,23,24,26). The topological polar surface area (TPSA) is 77.5 Å². The number of esters is 1. The van der Waals surface area contributed by atoms with E-state index in [1.807, 2.05) is 12.1 Å². The number of amides is 1. The third kappa shape index (κ3) is 5.33. The normalized spacial score (nSPS) is 11.5. The fraction of sp³-hybridized carbons (Fsp3) is 0.286. The van der Waals surface area contributed by atoms with Crippen molar-refractivity contribution in [2.24, 2.45) is 0 Å². The molecule has 0 bridgehead atoms. The van der Waals surface area contributed by atoms with Gasteiger partial charge in [-0.25, -0.2) is 9.78 Å². The third-order valence-corrected chi connectivity index (χ3v) is 5.38. The summed E-state index contributed by atoms with van der Waals surface area (Å²) in [5.74, 6) is -0.116. The molecule has 0 aliphatic rings. The molecule has 0 unspecified atom stereocenters. The molecule has 0 aliphatic heterocycles. The zero-order valence-corrected chi connectivity index (χ0v) is 18.9. The molecule has 2 aromatic carbocycles. The van der Waals surface area contributed by atoms with Crippen molar-refractivity contribution in [2.75, 3.05) is 5.32 Å². The monoisotopic (exact) mass is 476 g/mol. The molecule has 0 spiro atoms. The van der Waals surface area contributed by atoms with Crippen molar-refractivity contribution in [3.63, 3.8) is 0 Å². The van der Waals surface area contributed by atoms with E-state index in [9.17, 15) is 9.59 Å². The first-order chi connectivity index (χ1) is 13.6. The van der Waals surface area contributed by atoms with E-state index < -0.39 is 5.60 Å². The number of carbonyl (C=O) groups excluding carboxylic acids is 2. The molecule has 1 aromatic heterocycles. The van der Waals surface area contributed by atoms with Crippen LogP contribution in [0.3, 0.4) is 0 Å². The average Bonchev–Trinajstić information content (AvgIpc) is 3.04. The number of rotatable bonds is 6. The van der Waals surface area contributed by atoms with Crippen LogP contribution in [0, 0.1) is 0 Å². The number of nitrogens with zero attached hydrogens (tertiary/aromatic N) is 1. The summed E-state index contributed by atoms with van der Waals surface area (Å²) in [5, 5.41) is 3.24. The van der Waals surface area contributed by atoms with Gasteiger partial charge in [-0.15, -0.1) is 0 Å². The van der Waals surface area contributed by atoms with Crippen molar-refractivity contribution in [3.8, 4) is 5.75 Å². The Balaban J connectivity index is 1.73. The zero-order chi connectivity index (χ0) is 21.2. The molecule has 3 rings (SSSR count).